The van der Waals surface area contributed by atoms with E-state index in [1.165, 1.54) is 23.3 Å². The van der Waals surface area contributed by atoms with Crippen LogP contribution in [0.2, 0.25) is 0 Å². The fourth-order valence-corrected chi connectivity index (χ4v) is 4.49. The number of rotatable bonds is 4. The first kappa shape index (κ1) is 18.2. The standard InChI is InChI=1S/C23H27FN2O/c1-25(2)20-13-16(14-20)15-22(27)26-12-11-17-5-3-4-6-21(17)23(26)18-7-9-19(24)10-8-18/h3-10,16,20,23H,11-15H2,1-2H3/t16?,20?,23-/m0/s1. The predicted octanol–water partition coefficient (Wildman–Crippen LogP) is 4.03. The van der Waals surface area contributed by atoms with Gasteiger partial charge in [0.2, 0.25) is 5.91 Å². The first-order chi connectivity index (χ1) is 13.0. The Morgan fingerprint density at radius 2 is 1.81 bits per heavy atom. The molecule has 4 heteroatoms. The van der Waals surface area contributed by atoms with Crippen LogP contribution in [0.1, 0.15) is 42.0 Å². The second-order valence-corrected chi connectivity index (χ2v) is 8.15. The molecule has 1 amide bonds. The molecule has 142 valence electrons. The molecule has 1 aliphatic carbocycles. The second kappa shape index (κ2) is 7.43. The molecular weight excluding hydrogens is 339 g/mol. The Hall–Kier alpha value is -2.20. The van der Waals surface area contributed by atoms with Crippen LogP contribution in [-0.2, 0) is 11.2 Å². The van der Waals surface area contributed by atoms with Gasteiger partial charge in [0.1, 0.15) is 5.82 Å². The molecule has 27 heavy (non-hydrogen) atoms. The smallest absolute Gasteiger partial charge is 0.223 e. The van der Waals surface area contributed by atoms with Crippen LogP contribution in [0.5, 0.6) is 0 Å². The largest absolute Gasteiger partial charge is 0.331 e. The van der Waals surface area contributed by atoms with Crippen molar-refractivity contribution in [1.82, 2.24) is 9.80 Å². The van der Waals surface area contributed by atoms with Crippen molar-refractivity contribution in [1.29, 1.82) is 0 Å². The lowest BCUT2D eigenvalue weighted by Gasteiger charge is -2.42. The minimum Gasteiger partial charge on any atom is -0.331 e. The van der Waals surface area contributed by atoms with Crippen LogP contribution in [-0.4, -0.2) is 42.4 Å². The van der Waals surface area contributed by atoms with Crippen molar-refractivity contribution < 1.29 is 9.18 Å². The fraction of sp³-hybridized carbons (Fsp3) is 0.435. The van der Waals surface area contributed by atoms with E-state index in [4.69, 9.17) is 0 Å². The molecule has 2 aromatic rings. The maximum absolute atomic E-state index is 13.4. The van der Waals surface area contributed by atoms with E-state index in [0.29, 0.717) is 18.4 Å². The van der Waals surface area contributed by atoms with Gasteiger partial charge in [-0.05, 0) is 68.1 Å². The summed E-state index contributed by atoms with van der Waals surface area (Å²) in [5, 5.41) is 0. The Morgan fingerprint density at radius 3 is 2.52 bits per heavy atom. The molecule has 4 rings (SSSR count). The van der Waals surface area contributed by atoms with E-state index in [-0.39, 0.29) is 17.8 Å². The molecule has 1 atom stereocenters. The number of halogens is 1. The SMILES string of the molecule is CN(C)C1CC(CC(=O)N2CCc3ccccc3[C@@H]2c2ccc(F)cc2)C1. The molecule has 0 saturated heterocycles. The lowest BCUT2D eigenvalue weighted by molar-refractivity contribution is -0.135. The molecule has 0 N–H and O–H groups in total. The van der Waals surface area contributed by atoms with Crippen molar-refractivity contribution >= 4 is 5.91 Å². The van der Waals surface area contributed by atoms with E-state index in [0.717, 1.165) is 31.4 Å². The van der Waals surface area contributed by atoms with E-state index in [2.05, 4.69) is 31.1 Å². The average molecular weight is 366 g/mol. The van der Waals surface area contributed by atoms with Gasteiger partial charge in [-0.2, -0.15) is 0 Å². The average Bonchev–Trinajstić information content (AvgIpc) is 2.63. The van der Waals surface area contributed by atoms with Crippen molar-refractivity contribution in [2.75, 3.05) is 20.6 Å². The molecule has 1 fully saturated rings. The van der Waals surface area contributed by atoms with Crippen LogP contribution >= 0.6 is 0 Å². The number of hydrogen-bond donors (Lipinski definition) is 0. The summed E-state index contributed by atoms with van der Waals surface area (Å²) in [7, 11) is 4.21. The molecule has 2 aliphatic rings. The Bertz CT molecular complexity index is 811. The summed E-state index contributed by atoms with van der Waals surface area (Å²) in [6.45, 7) is 0.724. The third-order valence-corrected chi connectivity index (χ3v) is 6.19. The van der Waals surface area contributed by atoms with Crippen molar-refractivity contribution in [2.24, 2.45) is 5.92 Å². The van der Waals surface area contributed by atoms with Crippen LogP contribution in [0, 0.1) is 11.7 Å². The fourth-order valence-electron chi connectivity index (χ4n) is 4.49. The summed E-state index contributed by atoms with van der Waals surface area (Å²) in [6, 6.07) is 15.4. The Morgan fingerprint density at radius 1 is 1.11 bits per heavy atom. The zero-order chi connectivity index (χ0) is 19.0. The molecule has 0 aromatic heterocycles. The van der Waals surface area contributed by atoms with Crippen LogP contribution in [0.15, 0.2) is 48.5 Å². The molecule has 0 bridgehead atoms. The lowest BCUT2D eigenvalue weighted by Crippen LogP contribution is -2.45. The van der Waals surface area contributed by atoms with Gasteiger partial charge in [-0.3, -0.25) is 4.79 Å². The summed E-state index contributed by atoms with van der Waals surface area (Å²) in [5.41, 5.74) is 3.44. The number of fused-ring (bicyclic) bond motifs is 1. The third-order valence-electron chi connectivity index (χ3n) is 6.19. The van der Waals surface area contributed by atoms with Crippen molar-refractivity contribution in [3.8, 4) is 0 Å². The highest BCUT2D eigenvalue weighted by molar-refractivity contribution is 5.78. The van der Waals surface area contributed by atoms with Gasteiger partial charge in [0, 0.05) is 19.0 Å². The molecule has 1 saturated carbocycles. The number of carbonyl (C=O) groups is 1. The predicted molar refractivity (Wildman–Crippen MR) is 105 cm³/mol. The number of benzene rings is 2. The third kappa shape index (κ3) is 3.63. The van der Waals surface area contributed by atoms with Gasteiger partial charge in [-0.1, -0.05) is 36.4 Å². The van der Waals surface area contributed by atoms with Gasteiger partial charge < -0.3 is 9.80 Å². The van der Waals surface area contributed by atoms with Gasteiger partial charge in [-0.15, -0.1) is 0 Å². The zero-order valence-corrected chi connectivity index (χ0v) is 16.1. The normalized spacial score (nSPS) is 24.4. The molecule has 1 heterocycles. The monoisotopic (exact) mass is 366 g/mol. The molecular formula is C23H27FN2O. The Labute approximate surface area is 160 Å². The summed E-state index contributed by atoms with van der Waals surface area (Å²) in [5.74, 6) is 0.460. The minimum atomic E-state index is -0.245. The Balaban J connectivity index is 1.57. The van der Waals surface area contributed by atoms with E-state index < -0.39 is 0 Å². The maximum Gasteiger partial charge on any atom is 0.223 e. The van der Waals surface area contributed by atoms with Gasteiger partial charge in [-0.25, -0.2) is 4.39 Å². The highest BCUT2D eigenvalue weighted by atomic mass is 19.1. The first-order valence-corrected chi connectivity index (χ1v) is 9.82. The van der Waals surface area contributed by atoms with Crippen LogP contribution < -0.4 is 0 Å². The number of amides is 1. The zero-order valence-electron chi connectivity index (χ0n) is 16.1. The molecule has 0 spiro atoms. The van der Waals surface area contributed by atoms with E-state index in [1.807, 2.05) is 29.2 Å². The summed E-state index contributed by atoms with van der Waals surface area (Å²) in [4.78, 5) is 17.4. The van der Waals surface area contributed by atoms with E-state index in [1.54, 1.807) is 0 Å². The second-order valence-electron chi connectivity index (χ2n) is 8.15. The quantitative estimate of drug-likeness (QED) is 0.816. The highest BCUT2D eigenvalue weighted by Gasteiger charge is 2.36. The topological polar surface area (TPSA) is 23.6 Å². The van der Waals surface area contributed by atoms with Crippen LogP contribution in [0.25, 0.3) is 0 Å². The summed E-state index contributed by atoms with van der Waals surface area (Å²) >= 11 is 0. The molecule has 1 aliphatic heterocycles. The first-order valence-electron chi connectivity index (χ1n) is 9.82. The molecule has 3 nitrogen and oxygen atoms in total. The van der Waals surface area contributed by atoms with Gasteiger partial charge in [0.15, 0.2) is 0 Å². The molecule has 2 aromatic carbocycles. The molecule has 0 radical (unpaired) electrons. The van der Waals surface area contributed by atoms with Gasteiger partial charge >= 0.3 is 0 Å². The highest BCUT2D eigenvalue weighted by Crippen LogP contribution is 2.38. The number of nitrogens with zero attached hydrogens (tertiary/aromatic N) is 2. The van der Waals surface area contributed by atoms with Gasteiger partial charge in [0.25, 0.3) is 0 Å². The van der Waals surface area contributed by atoms with E-state index >= 15 is 0 Å². The maximum atomic E-state index is 13.4. The van der Waals surface area contributed by atoms with Crippen LogP contribution in [0.4, 0.5) is 4.39 Å². The number of hydrogen-bond acceptors (Lipinski definition) is 2. The van der Waals surface area contributed by atoms with E-state index in [9.17, 15) is 9.18 Å². The summed E-state index contributed by atoms with van der Waals surface area (Å²) in [6.07, 6.45) is 3.70. The molecule has 0 unspecified atom stereocenters. The minimum absolute atomic E-state index is 0.118. The summed E-state index contributed by atoms with van der Waals surface area (Å²) < 4.78 is 13.4. The lowest BCUT2D eigenvalue weighted by atomic mass is 9.77. The Kier molecular flexibility index (Phi) is 5.00. The van der Waals surface area contributed by atoms with Crippen molar-refractivity contribution in [2.45, 2.75) is 37.8 Å². The van der Waals surface area contributed by atoms with Gasteiger partial charge in [0.05, 0.1) is 6.04 Å². The van der Waals surface area contributed by atoms with Crippen LogP contribution in [0.3, 0.4) is 0 Å². The van der Waals surface area contributed by atoms with Crippen molar-refractivity contribution in [3.63, 3.8) is 0 Å². The number of carbonyl (C=O) groups excluding carboxylic acids is 1. The van der Waals surface area contributed by atoms with Crippen molar-refractivity contribution in [3.05, 3.63) is 71.0 Å².